The number of ether oxygens (including phenoxy) is 3. The summed E-state index contributed by atoms with van der Waals surface area (Å²) < 4.78 is 30.6. The van der Waals surface area contributed by atoms with Crippen LogP contribution in [-0.4, -0.2) is 43.8 Å². The van der Waals surface area contributed by atoms with Crippen LogP contribution in [0.15, 0.2) is 60.7 Å². The molecule has 1 N–H and O–H groups in total. The summed E-state index contributed by atoms with van der Waals surface area (Å²) in [6, 6.07) is 16.7. The molecule has 34 heavy (non-hydrogen) atoms. The summed E-state index contributed by atoms with van der Waals surface area (Å²) in [4.78, 5) is 14.5. The Morgan fingerprint density at radius 1 is 1.00 bits per heavy atom. The van der Waals surface area contributed by atoms with Crippen LogP contribution >= 0.6 is 0 Å². The Hall–Kier alpha value is -3.58. The number of carboxylic acid groups (broad SMARTS) is 1. The fourth-order valence-electron chi connectivity index (χ4n) is 4.76. The minimum atomic E-state index is -0.930. The SMILES string of the molecule is COc1ccc(CC2c3cc(OC)c(OC)cc3CCN2C(C(=O)O)c2ccccc2)cc1F. The highest BCUT2D eigenvalue weighted by atomic mass is 19.1. The van der Waals surface area contributed by atoms with E-state index in [9.17, 15) is 14.3 Å². The number of carboxylic acids is 1. The van der Waals surface area contributed by atoms with Crippen molar-refractivity contribution < 1.29 is 28.5 Å². The minimum absolute atomic E-state index is 0.170. The first-order valence-electron chi connectivity index (χ1n) is 11.1. The maximum atomic E-state index is 14.5. The van der Waals surface area contributed by atoms with Crippen molar-refractivity contribution in [1.82, 2.24) is 4.90 Å². The summed E-state index contributed by atoms with van der Waals surface area (Å²) in [5.74, 6) is -0.0140. The molecule has 1 aliphatic heterocycles. The fraction of sp³-hybridized carbons (Fsp3) is 0.296. The van der Waals surface area contributed by atoms with Gasteiger partial charge in [-0.2, -0.15) is 0 Å². The molecule has 178 valence electrons. The van der Waals surface area contributed by atoms with Gasteiger partial charge in [-0.1, -0.05) is 36.4 Å². The smallest absolute Gasteiger partial charge is 0.325 e. The highest BCUT2D eigenvalue weighted by Crippen LogP contribution is 2.43. The molecule has 0 aromatic heterocycles. The van der Waals surface area contributed by atoms with E-state index in [1.807, 2.05) is 53.4 Å². The van der Waals surface area contributed by atoms with E-state index in [2.05, 4.69) is 0 Å². The molecule has 0 saturated carbocycles. The Labute approximate surface area is 198 Å². The van der Waals surface area contributed by atoms with Gasteiger partial charge in [0.2, 0.25) is 0 Å². The van der Waals surface area contributed by atoms with Crippen molar-refractivity contribution in [2.24, 2.45) is 0 Å². The van der Waals surface area contributed by atoms with E-state index in [1.165, 1.54) is 13.2 Å². The zero-order chi connectivity index (χ0) is 24.2. The van der Waals surface area contributed by atoms with Crippen LogP contribution in [0.1, 0.15) is 34.3 Å². The molecule has 3 aromatic carbocycles. The molecule has 2 atom stereocenters. The van der Waals surface area contributed by atoms with Crippen LogP contribution in [0, 0.1) is 5.82 Å². The molecular weight excluding hydrogens is 437 g/mol. The Bertz CT molecular complexity index is 1170. The Kier molecular flexibility index (Phi) is 7.03. The van der Waals surface area contributed by atoms with Crippen LogP contribution in [0.25, 0.3) is 0 Å². The van der Waals surface area contributed by atoms with E-state index in [0.717, 1.165) is 16.7 Å². The van der Waals surface area contributed by atoms with E-state index in [1.54, 1.807) is 20.3 Å². The molecule has 1 aliphatic rings. The molecule has 2 unspecified atom stereocenters. The van der Waals surface area contributed by atoms with Crippen molar-refractivity contribution >= 4 is 5.97 Å². The summed E-state index contributed by atoms with van der Waals surface area (Å²) in [6.07, 6.45) is 1.07. The van der Waals surface area contributed by atoms with Gasteiger partial charge in [0.05, 0.1) is 21.3 Å². The molecular formula is C27H28FNO5. The summed E-state index contributed by atoms with van der Waals surface area (Å²) in [6.45, 7) is 0.525. The third-order valence-electron chi connectivity index (χ3n) is 6.37. The van der Waals surface area contributed by atoms with Gasteiger partial charge < -0.3 is 19.3 Å². The lowest BCUT2D eigenvalue weighted by molar-refractivity contribution is -0.145. The van der Waals surface area contributed by atoms with Gasteiger partial charge in [-0.05, 0) is 59.4 Å². The number of fused-ring (bicyclic) bond motifs is 1. The molecule has 0 radical (unpaired) electrons. The number of methoxy groups -OCH3 is 3. The van der Waals surface area contributed by atoms with Gasteiger partial charge >= 0.3 is 5.97 Å². The fourth-order valence-corrected chi connectivity index (χ4v) is 4.76. The highest BCUT2D eigenvalue weighted by Gasteiger charge is 2.37. The van der Waals surface area contributed by atoms with Crippen molar-refractivity contribution in [2.45, 2.75) is 24.9 Å². The molecule has 0 aliphatic carbocycles. The van der Waals surface area contributed by atoms with Crippen LogP contribution in [0.3, 0.4) is 0 Å². The monoisotopic (exact) mass is 465 g/mol. The van der Waals surface area contributed by atoms with E-state index < -0.39 is 17.8 Å². The van der Waals surface area contributed by atoms with Crippen molar-refractivity contribution in [3.63, 3.8) is 0 Å². The van der Waals surface area contributed by atoms with E-state index in [4.69, 9.17) is 14.2 Å². The molecule has 4 rings (SSSR count). The number of rotatable bonds is 8. The lowest BCUT2D eigenvalue weighted by atomic mass is 9.86. The zero-order valence-electron chi connectivity index (χ0n) is 19.5. The van der Waals surface area contributed by atoms with Gasteiger partial charge in [0.15, 0.2) is 23.1 Å². The number of carbonyl (C=O) groups is 1. The van der Waals surface area contributed by atoms with Crippen molar-refractivity contribution in [2.75, 3.05) is 27.9 Å². The van der Waals surface area contributed by atoms with Gasteiger partial charge in [-0.15, -0.1) is 0 Å². The van der Waals surface area contributed by atoms with Gasteiger partial charge in [0, 0.05) is 12.6 Å². The average molecular weight is 466 g/mol. The van der Waals surface area contributed by atoms with Crippen LogP contribution in [0.4, 0.5) is 4.39 Å². The highest BCUT2D eigenvalue weighted by molar-refractivity contribution is 5.75. The normalized spacial score (nSPS) is 16.4. The van der Waals surface area contributed by atoms with E-state index in [0.29, 0.717) is 36.4 Å². The Morgan fingerprint density at radius 2 is 1.68 bits per heavy atom. The molecule has 0 bridgehead atoms. The molecule has 0 amide bonds. The minimum Gasteiger partial charge on any atom is -0.494 e. The first-order chi connectivity index (χ1) is 16.5. The standard InChI is InChI=1S/C27H28FNO5/c1-32-23-10-9-17(13-21(23)28)14-22-20-16-25(34-3)24(33-2)15-19(20)11-12-29(22)26(27(30)31)18-7-5-4-6-8-18/h4-10,13,15-16,22,26H,11-12,14H2,1-3H3,(H,30,31). The van der Waals surface area contributed by atoms with Gasteiger partial charge in [0.25, 0.3) is 0 Å². The summed E-state index contributed by atoms with van der Waals surface area (Å²) in [7, 11) is 4.59. The third kappa shape index (κ3) is 4.56. The second-order valence-electron chi connectivity index (χ2n) is 8.23. The predicted molar refractivity (Wildman–Crippen MR) is 126 cm³/mol. The largest absolute Gasteiger partial charge is 0.494 e. The number of aliphatic carboxylic acids is 1. The van der Waals surface area contributed by atoms with Crippen LogP contribution < -0.4 is 14.2 Å². The third-order valence-corrected chi connectivity index (χ3v) is 6.37. The summed E-state index contributed by atoms with van der Waals surface area (Å²) in [5, 5.41) is 10.2. The predicted octanol–water partition coefficient (Wildman–Crippen LogP) is 4.82. The van der Waals surface area contributed by atoms with E-state index in [-0.39, 0.29) is 11.8 Å². The number of hydrogen-bond donors (Lipinski definition) is 1. The molecule has 0 saturated heterocycles. The molecule has 0 fully saturated rings. The number of halogens is 1. The van der Waals surface area contributed by atoms with Crippen molar-refractivity contribution in [1.29, 1.82) is 0 Å². The second-order valence-corrected chi connectivity index (χ2v) is 8.23. The number of hydrogen-bond acceptors (Lipinski definition) is 5. The lowest BCUT2D eigenvalue weighted by Gasteiger charge is -2.41. The first-order valence-corrected chi connectivity index (χ1v) is 11.1. The Balaban J connectivity index is 1.82. The molecule has 0 spiro atoms. The van der Waals surface area contributed by atoms with Crippen LogP contribution in [0.2, 0.25) is 0 Å². The summed E-state index contributed by atoms with van der Waals surface area (Å²) >= 11 is 0. The van der Waals surface area contributed by atoms with E-state index >= 15 is 0 Å². The number of nitrogens with zero attached hydrogens (tertiary/aromatic N) is 1. The van der Waals surface area contributed by atoms with Gasteiger partial charge in [-0.25, -0.2) is 4.39 Å². The van der Waals surface area contributed by atoms with Crippen LogP contribution in [0.5, 0.6) is 17.2 Å². The topological polar surface area (TPSA) is 68.2 Å². The maximum absolute atomic E-state index is 14.5. The molecule has 3 aromatic rings. The number of benzene rings is 3. The lowest BCUT2D eigenvalue weighted by Crippen LogP contribution is -2.42. The molecule has 1 heterocycles. The average Bonchev–Trinajstić information content (AvgIpc) is 2.85. The Morgan fingerprint density at radius 3 is 2.29 bits per heavy atom. The second kappa shape index (κ2) is 10.1. The maximum Gasteiger partial charge on any atom is 0.325 e. The van der Waals surface area contributed by atoms with Crippen LogP contribution in [-0.2, 0) is 17.6 Å². The molecule has 6 nitrogen and oxygen atoms in total. The first kappa shape index (κ1) is 23.6. The molecule has 7 heteroatoms. The van der Waals surface area contributed by atoms with Gasteiger partial charge in [0.1, 0.15) is 6.04 Å². The zero-order valence-corrected chi connectivity index (χ0v) is 19.5. The van der Waals surface area contributed by atoms with Gasteiger partial charge in [-0.3, -0.25) is 9.69 Å². The summed E-state index contributed by atoms with van der Waals surface area (Å²) in [5.41, 5.74) is 3.45. The van der Waals surface area contributed by atoms with Crippen molar-refractivity contribution in [3.8, 4) is 17.2 Å². The van der Waals surface area contributed by atoms with Crippen molar-refractivity contribution in [3.05, 3.63) is 88.7 Å². The quantitative estimate of drug-likeness (QED) is 0.515.